The molecule has 1 aliphatic heterocycles. The van der Waals surface area contributed by atoms with Crippen LogP contribution >= 0.6 is 0 Å². The van der Waals surface area contributed by atoms with Gasteiger partial charge in [-0.15, -0.1) is 0 Å². The van der Waals surface area contributed by atoms with Crippen molar-refractivity contribution in [1.29, 1.82) is 0 Å². The van der Waals surface area contributed by atoms with Gasteiger partial charge in [-0.3, -0.25) is 9.69 Å². The molecule has 3 nitrogen and oxygen atoms in total. The second-order valence-electron chi connectivity index (χ2n) is 6.02. The van der Waals surface area contributed by atoms with Gasteiger partial charge in [-0.1, -0.05) is 35.9 Å². The van der Waals surface area contributed by atoms with Gasteiger partial charge in [0.2, 0.25) is 0 Å². The van der Waals surface area contributed by atoms with Crippen LogP contribution in [0.4, 0.5) is 0 Å². The summed E-state index contributed by atoms with van der Waals surface area (Å²) in [6.07, 6.45) is 4.06. The maximum Gasteiger partial charge on any atom is 0.155 e. The monoisotopic (exact) mass is 271 g/mol. The first-order chi connectivity index (χ1) is 9.72. The predicted molar refractivity (Wildman–Crippen MR) is 78.2 cm³/mol. The standard InChI is InChI=1S/C17H21NO2/c19-13-17-8-6-16(20)10-15(17)7-9-18(12-17)11-14-4-2-1-3-5-14/h1-5,10,19H,6-9,11-13H2/t17-/m0/s1. The third-order valence-electron chi connectivity index (χ3n) is 4.64. The lowest BCUT2D eigenvalue weighted by atomic mass is 9.69. The van der Waals surface area contributed by atoms with Crippen LogP contribution in [0.15, 0.2) is 42.0 Å². The number of aliphatic hydroxyl groups is 1. The molecule has 3 rings (SSSR count). The molecular weight excluding hydrogens is 250 g/mol. The van der Waals surface area contributed by atoms with Crippen LogP contribution in [0.25, 0.3) is 0 Å². The number of carbonyl (C=O) groups excluding carboxylic acids is 1. The van der Waals surface area contributed by atoms with Crippen molar-refractivity contribution in [3.63, 3.8) is 0 Å². The molecule has 1 fully saturated rings. The van der Waals surface area contributed by atoms with Gasteiger partial charge in [0.1, 0.15) is 0 Å². The van der Waals surface area contributed by atoms with Crippen LogP contribution < -0.4 is 0 Å². The average molecular weight is 271 g/mol. The first-order valence-corrected chi connectivity index (χ1v) is 7.33. The number of aliphatic hydroxyl groups excluding tert-OH is 1. The maximum atomic E-state index is 11.6. The zero-order valence-electron chi connectivity index (χ0n) is 11.7. The van der Waals surface area contributed by atoms with Crippen LogP contribution in [0, 0.1) is 5.41 Å². The molecule has 0 radical (unpaired) electrons. The quantitative estimate of drug-likeness (QED) is 0.916. The van der Waals surface area contributed by atoms with E-state index in [0.29, 0.717) is 6.42 Å². The van der Waals surface area contributed by atoms with E-state index in [1.807, 2.05) is 6.07 Å². The van der Waals surface area contributed by atoms with Gasteiger partial charge in [-0.25, -0.2) is 0 Å². The summed E-state index contributed by atoms with van der Waals surface area (Å²) in [5.74, 6) is 0.223. The van der Waals surface area contributed by atoms with Crippen molar-refractivity contribution in [3.8, 4) is 0 Å². The first kappa shape index (κ1) is 13.5. The van der Waals surface area contributed by atoms with Crippen molar-refractivity contribution in [2.75, 3.05) is 19.7 Å². The second kappa shape index (κ2) is 5.51. The van der Waals surface area contributed by atoms with Crippen molar-refractivity contribution in [3.05, 3.63) is 47.5 Å². The number of piperidine rings is 1. The van der Waals surface area contributed by atoms with E-state index in [9.17, 15) is 9.90 Å². The molecule has 1 saturated heterocycles. The number of likely N-dealkylation sites (tertiary alicyclic amines) is 1. The highest BCUT2D eigenvalue weighted by Gasteiger charge is 2.41. The highest BCUT2D eigenvalue weighted by molar-refractivity contribution is 5.91. The SMILES string of the molecule is O=C1C=C2CCN(Cc3ccccc3)C[C@]2(CO)CC1. The Morgan fingerprint density at radius 3 is 2.75 bits per heavy atom. The first-order valence-electron chi connectivity index (χ1n) is 7.33. The molecule has 0 bridgehead atoms. The van der Waals surface area contributed by atoms with E-state index >= 15 is 0 Å². The van der Waals surface area contributed by atoms with Crippen LogP contribution in [0.1, 0.15) is 24.8 Å². The smallest absolute Gasteiger partial charge is 0.155 e. The molecule has 1 atom stereocenters. The zero-order chi connectivity index (χ0) is 14.0. The van der Waals surface area contributed by atoms with Crippen molar-refractivity contribution < 1.29 is 9.90 Å². The third-order valence-corrected chi connectivity index (χ3v) is 4.64. The number of carbonyl (C=O) groups is 1. The molecule has 1 aromatic rings. The van der Waals surface area contributed by atoms with E-state index in [1.165, 1.54) is 11.1 Å². The molecule has 3 heteroatoms. The molecule has 1 heterocycles. The molecule has 2 aliphatic rings. The molecule has 20 heavy (non-hydrogen) atoms. The summed E-state index contributed by atoms with van der Waals surface area (Å²) >= 11 is 0. The molecule has 0 saturated carbocycles. The maximum absolute atomic E-state index is 11.6. The number of benzene rings is 1. The van der Waals surface area contributed by atoms with Gasteiger partial charge < -0.3 is 5.11 Å². The third kappa shape index (κ3) is 2.56. The van der Waals surface area contributed by atoms with Crippen LogP contribution in [0.3, 0.4) is 0 Å². The number of rotatable bonds is 3. The zero-order valence-corrected chi connectivity index (χ0v) is 11.7. The number of fused-ring (bicyclic) bond motifs is 1. The molecule has 1 N–H and O–H groups in total. The lowest BCUT2D eigenvalue weighted by Gasteiger charge is -2.45. The minimum atomic E-state index is -0.180. The van der Waals surface area contributed by atoms with E-state index in [0.717, 1.165) is 32.5 Å². The Morgan fingerprint density at radius 2 is 2.00 bits per heavy atom. The molecule has 0 amide bonds. The molecule has 0 spiro atoms. The fraction of sp³-hybridized carbons (Fsp3) is 0.471. The Hall–Kier alpha value is -1.45. The van der Waals surface area contributed by atoms with Crippen LogP contribution in [0.5, 0.6) is 0 Å². The summed E-state index contributed by atoms with van der Waals surface area (Å²) in [6, 6.07) is 10.4. The van der Waals surface area contributed by atoms with Gasteiger partial charge in [0, 0.05) is 31.5 Å². The van der Waals surface area contributed by atoms with Crippen LogP contribution in [-0.4, -0.2) is 35.5 Å². The largest absolute Gasteiger partial charge is 0.395 e. The summed E-state index contributed by atoms with van der Waals surface area (Å²) in [5, 5.41) is 9.87. The summed E-state index contributed by atoms with van der Waals surface area (Å²) in [4.78, 5) is 14.0. The number of hydrogen-bond donors (Lipinski definition) is 1. The van der Waals surface area contributed by atoms with E-state index < -0.39 is 0 Å². The Bertz CT molecular complexity index is 523. The molecule has 106 valence electrons. The lowest BCUT2D eigenvalue weighted by Crippen LogP contribution is -2.48. The van der Waals surface area contributed by atoms with E-state index in [1.54, 1.807) is 6.08 Å². The van der Waals surface area contributed by atoms with Crippen molar-refractivity contribution in [2.24, 2.45) is 5.41 Å². The van der Waals surface area contributed by atoms with Gasteiger partial charge in [0.05, 0.1) is 6.61 Å². The highest BCUT2D eigenvalue weighted by Crippen LogP contribution is 2.42. The van der Waals surface area contributed by atoms with Gasteiger partial charge in [-0.2, -0.15) is 0 Å². The normalized spacial score (nSPS) is 27.1. The highest BCUT2D eigenvalue weighted by atomic mass is 16.3. The van der Waals surface area contributed by atoms with Crippen LogP contribution in [0.2, 0.25) is 0 Å². The molecule has 0 unspecified atom stereocenters. The van der Waals surface area contributed by atoms with Crippen molar-refractivity contribution in [1.82, 2.24) is 4.90 Å². The average Bonchev–Trinajstić information content (AvgIpc) is 2.49. The van der Waals surface area contributed by atoms with E-state index in [-0.39, 0.29) is 17.8 Å². The Balaban J connectivity index is 1.76. The molecule has 0 aromatic heterocycles. The Morgan fingerprint density at radius 1 is 1.20 bits per heavy atom. The summed E-state index contributed by atoms with van der Waals surface area (Å²) in [7, 11) is 0. The van der Waals surface area contributed by atoms with Gasteiger partial charge in [-0.05, 0) is 24.5 Å². The summed E-state index contributed by atoms with van der Waals surface area (Å²) < 4.78 is 0. The molecular formula is C17H21NO2. The van der Waals surface area contributed by atoms with Crippen molar-refractivity contribution >= 4 is 5.78 Å². The van der Waals surface area contributed by atoms with Gasteiger partial charge in [0.25, 0.3) is 0 Å². The van der Waals surface area contributed by atoms with E-state index in [2.05, 4.69) is 29.2 Å². The summed E-state index contributed by atoms with van der Waals surface area (Å²) in [6.45, 7) is 2.90. The number of ketones is 1. The van der Waals surface area contributed by atoms with Gasteiger partial charge >= 0.3 is 0 Å². The number of hydrogen-bond acceptors (Lipinski definition) is 3. The molecule has 1 aromatic carbocycles. The number of nitrogens with zero attached hydrogens (tertiary/aromatic N) is 1. The lowest BCUT2D eigenvalue weighted by molar-refractivity contribution is -0.116. The Labute approximate surface area is 119 Å². The molecule has 1 aliphatic carbocycles. The fourth-order valence-corrected chi connectivity index (χ4v) is 3.45. The van der Waals surface area contributed by atoms with Crippen LogP contribution in [-0.2, 0) is 11.3 Å². The predicted octanol–water partition coefficient (Wildman–Crippen LogP) is 2.16. The van der Waals surface area contributed by atoms with Gasteiger partial charge in [0.15, 0.2) is 5.78 Å². The minimum absolute atomic E-state index is 0.150. The topological polar surface area (TPSA) is 40.5 Å². The van der Waals surface area contributed by atoms with E-state index in [4.69, 9.17) is 0 Å². The fourth-order valence-electron chi connectivity index (χ4n) is 3.45. The summed E-state index contributed by atoms with van der Waals surface area (Å²) in [5.41, 5.74) is 2.29. The number of allylic oxidation sites excluding steroid dienone is 1. The minimum Gasteiger partial charge on any atom is -0.395 e. The Kier molecular flexibility index (Phi) is 3.72. The van der Waals surface area contributed by atoms with Crippen molar-refractivity contribution in [2.45, 2.75) is 25.8 Å². The second-order valence-corrected chi connectivity index (χ2v) is 6.02.